The number of benzene rings is 1. The maximum absolute atomic E-state index is 11.3. The van der Waals surface area contributed by atoms with E-state index in [2.05, 4.69) is 0 Å². The van der Waals surface area contributed by atoms with Crippen molar-refractivity contribution in [3.63, 3.8) is 0 Å². The summed E-state index contributed by atoms with van der Waals surface area (Å²) in [4.78, 5) is 22.6. The van der Waals surface area contributed by atoms with Gasteiger partial charge in [-0.1, -0.05) is 0 Å². The Morgan fingerprint density at radius 2 is 1.18 bits per heavy atom. The molecule has 0 atom stereocenters. The van der Waals surface area contributed by atoms with Gasteiger partial charge in [0.05, 0.1) is 24.3 Å². The summed E-state index contributed by atoms with van der Waals surface area (Å²) in [6, 6.07) is 6.18. The van der Waals surface area contributed by atoms with Crippen LogP contribution in [0.5, 0.6) is 0 Å². The zero-order chi connectivity index (χ0) is 12.0. The average molecular weight is 356 g/mol. The number of esters is 2. The molecule has 0 aliphatic rings. The van der Waals surface area contributed by atoms with Gasteiger partial charge in [0.2, 0.25) is 0 Å². The molecule has 0 fully saturated rings. The summed E-state index contributed by atoms with van der Waals surface area (Å²) in [5, 5.41) is 0. The first-order valence-corrected chi connectivity index (χ1v) is 5.13. The molecule has 0 bridgehead atoms. The topological polar surface area (TPSA) is 52.6 Å². The molecule has 0 saturated heterocycles. The number of ether oxygens (including phenoxy) is 2. The molecule has 5 heteroatoms. The zero-order valence-electron chi connectivity index (χ0n) is 9.36. The molecule has 1 aromatic carbocycles. The predicted octanol–water partition coefficient (Wildman–Crippen LogP) is 1.39. The Bertz CT molecular complexity index is 336. The van der Waals surface area contributed by atoms with Crippen molar-refractivity contribution >= 4 is 80.8 Å². The second-order valence-corrected chi connectivity index (χ2v) is 3.02. The molecule has 0 heterocycles. The zero-order valence-corrected chi connectivity index (χ0v) is 9.36. The van der Waals surface area contributed by atoms with Gasteiger partial charge in [-0.05, 0) is 38.1 Å². The van der Waals surface area contributed by atoms with Gasteiger partial charge in [-0.3, -0.25) is 0 Å². The molecule has 0 amide bonds. The summed E-state index contributed by atoms with van der Waals surface area (Å²) in [6.45, 7) is 4.15. The van der Waals surface area contributed by atoms with Crippen molar-refractivity contribution in [3.05, 3.63) is 35.4 Å². The van der Waals surface area contributed by atoms with Crippen molar-refractivity contribution in [2.24, 2.45) is 0 Å². The van der Waals surface area contributed by atoms with Gasteiger partial charge in [0.1, 0.15) is 0 Å². The van der Waals surface area contributed by atoms with E-state index in [9.17, 15) is 9.59 Å². The Morgan fingerprint density at radius 1 is 0.882 bits per heavy atom. The molecule has 88 valence electrons. The second-order valence-electron chi connectivity index (χ2n) is 3.02. The van der Waals surface area contributed by atoms with Gasteiger partial charge >= 0.3 is 80.8 Å². The first-order valence-electron chi connectivity index (χ1n) is 5.13. The third-order valence-electron chi connectivity index (χ3n) is 1.91. The summed E-state index contributed by atoms with van der Waals surface area (Å²) >= 11 is 0. The quantitative estimate of drug-likeness (QED) is 0.766. The van der Waals surface area contributed by atoms with Crippen LogP contribution in [0.3, 0.4) is 0 Å². The van der Waals surface area contributed by atoms with Crippen LogP contribution in [0, 0.1) is 0 Å². The Kier molecular flexibility index (Phi) is 9.30. The Labute approximate surface area is 159 Å². The molecule has 1 aromatic rings. The van der Waals surface area contributed by atoms with E-state index >= 15 is 0 Å². The van der Waals surface area contributed by atoms with E-state index in [0.29, 0.717) is 24.3 Å². The third-order valence-corrected chi connectivity index (χ3v) is 1.91. The van der Waals surface area contributed by atoms with Crippen molar-refractivity contribution in [1.82, 2.24) is 0 Å². The summed E-state index contributed by atoms with van der Waals surface area (Å²) < 4.78 is 9.64. The van der Waals surface area contributed by atoms with Gasteiger partial charge in [-0.15, -0.1) is 0 Å². The van der Waals surface area contributed by atoms with E-state index in [1.54, 1.807) is 38.1 Å². The Balaban J connectivity index is 0.00000256. The van der Waals surface area contributed by atoms with Gasteiger partial charge in [0.15, 0.2) is 0 Å². The molecule has 0 radical (unpaired) electrons. The van der Waals surface area contributed by atoms with Crippen molar-refractivity contribution in [1.29, 1.82) is 0 Å². The normalized spacial score (nSPS) is 9.06. The van der Waals surface area contributed by atoms with E-state index in [4.69, 9.17) is 9.47 Å². The first-order chi connectivity index (χ1) is 7.69. The number of hydrogen-bond acceptors (Lipinski definition) is 4. The number of hydrogen-bond donors (Lipinski definition) is 0. The summed E-state index contributed by atoms with van der Waals surface area (Å²) in [7, 11) is 0. The van der Waals surface area contributed by atoms with Crippen LogP contribution in [-0.2, 0) is 9.47 Å². The Morgan fingerprint density at radius 3 is 1.41 bits per heavy atom. The number of rotatable bonds is 4. The summed E-state index contributed by atoms with van der Waals surface area (Å²) in [6.07, 6.45) is 0. The molecule has 17 heavy (non-hydrogen) atoms. The van der Waals surface area contributed by atoms with E-state index in [1.165, 1.54) is 0 Å². The van der Waals surface area contributed by atoms with Crippen molar-refractivity contribution < 1.29 is 19.1 Å². The second kappa shape index (κ2) is 9.18. The molecular weight excluding hydrogens is 341 g/mol. The number of carbonyl (C=O) groups excluding carboxylic acids is 2. The molecule has 4 nitrogen and oxygen atoms in total. The van der Waals surface area contributed by atoms with Gasteiger partial charge in [-0.2, -0.15) is 0 Å². The standard InChI is InChI=1S/C12H14O4.Cs.H/c1-3-15-11(13)9-5-7-10(8-6-9)12(14)16-4-2;;/h5-8H,3-4H2,1-2H3;;. The Hall–Kier alpha value is 0.212. The van der Waals surface area contributed by atoms with Crippen LogP contribution in [0.25, 0.3) is 0 Å². The van der Waals surface area contributed by atoms with Crippen LogP contribution >= 0.6 is 0 Å². The van der Waals surface area contributed by atoms with Crippen molar-refractivity contribution in [2.75, 3.05) is 13.2 Å². The van der Waals surface area contributed by atoms with Gasteiger partial charge in [-0.25, -0.2) is 9.59 Å². The van der Waals surface area contributed by atoms with Crippen LogP contribution in [0.2, 0.25) is 0 Å². The van der Waals surface area contributed by atoms with E-state index in [0.717, 1.165) is 0 Å². The fraction of sp³-hybridized carbons (Fsp3) is 0.333. The predicted molar refractivity (Wildman–Crippen MR) is 65.5 cm³/mol. The minimum absolute atomic E-state index is 0. The summed E-state index contributed by atoms with van der Waals surface area (Å²) in [5.74, 6) is -0.782. The molecule has 0 saturated carbocycles. The molecule has 0 N–H and O–H groups in total. The van der Waals surface area contributed by atoms with Gasteiger partial charge in [0.25, 0.3) is 0 Å². The maximum atomic E-state index is 11.3. The monoisotopic (exact) mass is 356 g/mol. The summed E-state index contributed by atoms with van der Waals surface area (Å²) in [5.41, 5.74) is 0.852. The van der Waals surface area contributed by atoms with Crippen LogP contribution < -0.4 is 0 Å². The van der Waals surface area contributed by atoms with Gasteiger partial charge in [0, 0.05) is 0 Å². The van der Waals surface area contributed by atoms with Crippen molar-refractivity contribution in [3.8, 4) is 0 Å². The van der Waals surface area contributed by atoms with Crippen LogP contribution in [0.15, 0.2) is 24.3 Å². The average Bonchev–Trinajstić information content (AvgIpc) is 2.30. The van der Waals surface area contributed by atoms with E-state index in [1.807, 2.05) is 0 Å². The molecule has 0 spiro atoms. The van der Waals surface area contributed by atoms with Crippen molar-refractivity contribution in [2.45, 2.75) is 13.8 Å². The van der Waals surface area contributed by atoms with Crippen LogP contribution in [-0.4, -0.2) is 94.0 Å². The first kappa shape index (κ1) is 17.2. The molecule has 0 aromatic heterocycles. The fourth-order valence-electron chi connectivity index (χ4n) is 1.17. The third kappa shape index (κ3) is 5.59. The fourth-order valence-corrected chi connectivity index (χ4v) is 1.17. The molecule has 0 aliphatic carbocycles. The molecule has 0 unspecified atom stereocenters. The SMILES string of the molecule is CCOC(=O)c1ccc(C(=O)OCC)cc1.[CsH]. The van der Waals surface area contributed by atoms with E-state index in [-0.39, 0.29) is 68.9 Å². The minimum atomic E-state index is -0.391. The number of carbonyl (C=O) groups is 2. The molecule has 1 rings (SSSR count). The molecule has 0 aliphatic heterocycles. The van der Waals surface area contributed by atoms with E-state index < -0.39 is 11.9 Å². The van der Waals surface area contributed by atoms with Crippen LogP contribution in [0.4, 0.5) is 0 Å². The molecular formula is C12H15CsO4. The van der Waals surface area contributed by atoms with Gasteiger partial charge < -0.3 is 9.47 Å². The van der Waals surface area contributed by atoms with Crippen LogP contribution in [0.1, 0.15) is 34.6 Å².